The van der Waals surface area contributed by atoms with Crippen LogP contribution in [0.15, 0.2) is 36.4 Å². The Bertz CT molecular complexity index is 952. The predicted octanol–water partition coefficient (Wildman–Crippen LogP) is 3.27. The van der Waals surface area contributed by atoms with E-state index in [9.17, 15) is 5.11 Å². The van der Waals surface area contributed by atoms with Crippen LogP contribution in [0.1, 0.15) is 17.1 Å². The van der Waals surface area contributed by atoms with E-state index in [1.165, 1.54) is 5.56 Å². The minimum Gasteiger partial charge on any atom is -0.508 e. The molecule has 0 amide bonds. The first-order valence-corrected chi connectivity index (χ1v) is 8.53. The Morgan fingerprint density at radius 2 is 1.92 bits per heavy atom. The molecule has 2 heterocycles. The molecule has 0 fully saturated rings. The topological polar surface area (TPSA) is 52.5 Å². The summed E-state index contributed by atoms with van der Waals surface area (Å²) in [6, 6.07) is 11.8. The molecule has 128 valence electrons. The maximum Gasteiger partial charge on any atom is 0.135 e. The highest BCUT2D eigenvalue weighted by Crippen LogP contribution is 2.35. The molecule has 1 aliphatic rings. The summed E-state index contributed by atoms with van der Waals surface area (Å²) < 4.78 is 0. The van der Waals surface area contributed by atoms with E-state index in [0.29, 0.717) is 5.75 Å². The summed E-state index contributed by atoms with van der Waals surface area (Å²) in [5.74, 6) is 2.11. The summed E-state index contributed by atoms with van der Waals surface area (Å²) in [6.07, 6.45) is 0.896. The number of fused-ring (bicyclic) bond motifs is 2. The Balaban J connectivity index is 1.79. The quantitative estimate of drug-likeness (QED) is 0.779. The van der Waals surface area contributed by atoms with Gasteiger partial charge in [0.2, 0.25) is 0 Å². The number of aromatic hydroxyl groups is 1. The molecule has 0 radical (unpaired) electrons. The maximum absolute atomic E-state index is 10.1. The number of benzene rings is 2. The first-order valence-electron chi connectivity index (χ1n) is 8.53. The third kappa shape index (κ3) is 2.76. The number of hydrogen-bond acceptors (Lipinski definition) is 5. The molecule has 0 atom stereocenters. The van der Waals surface area contributed by atoms with Gasteiger partial charge in [-0.15, -0.1) is 0 Å². The number of aromatic nitrogens is 2. The highest BCUT2D eigenvalue weighted by molar-refractivity contribution is 5.95. The van der Waals surface area contributed by atoms with E-state index in [2.05, 4.69) is 20.9 Å². The normalized spacial score (nSPS) is 13.8. The molecule has 3 aromatic rings. The van der Waals surface area contributed by atoms with Crippen molar-refractivity contribution in [2.24, 2.45) is 0 Å². The van der Waals surface area contributed by atoms with Gasteiger partial charge in [-0.2, -0.15) is 0 Å². The van der Waals surface area contributed by atoms with E-state index in [1.807, 2.05) is 51.4 Å². The number of anilines is 2. The van der Waals surface area contributed by atoms with Crippen molar-refractivity contribution in [2.45, 2.75) is 19.9 Å². The second-order valence-electron chi connectivity index (χ2n) is 6.77. The molecule has 4 rings (SSSR count). The molecule has 0 unspecified atom stereocenters. The summed E-state index contributed by atoms with van der Waals surface area (Å²) in [7, 11) is 4.05. The highest BCUT2D eigenvalue weighted by atomic mass is 16.3. The van der Waals surface area contributed by atoms with Gasteiger partial charge in [0.1, 0.15) is 17.4 Å². The van der Waals surface area contributed by atoms with Crippen LogP contribution in [-0.2, 0) is 13.0 Å². The van der Waals surface area contributed by atoms with Crippen LogP contribution in [0, 0.1) is 6.92 Å². The molecule has 2 aromatic carbocycles. The number of nitrogens with zero attached hydrogens (tertiary/aromatic N) is 4. The van der Waals surface area contributed by atoms with Gasteiger partial charge in [0, 0.05) is 43.3 Å². The van der Waals surface area contributed by atoms with Crippen molar-refractivity contribution in [3.8, 4) is 5.75 Å². The van der Waals surface area contributed by atoms with Crippen molar-refractivity contribution in [2.75, 3.05) is 30.4 Å². The Morgan fingerprint density at radius 1 is 1.12 bits per heavy atom. The molecule has 0 saturated carbocycles. The van der Waals surface area contributed by atoms with Crippen LogP contribution in [0.4, 0.5) is 11.5 Å². The molecule has 0 aliphatic carbocycles. The molecule has 5 heteroatoms. The Hall–Kier alpha value is -2.82. The van der Waals surface area contributed by atoms with Gasteiger partial charge in [-0.1, -0.05) is 24.3 Å². The Labute approximate surface area is 147 Å². The standard InChI is InChI=1S/C20H22N4O/c1-13-21-18-12-24(9-8-17(18)20(22-13)23(2)3)19-11-15(25)10-14-6-4-5-7-16(14)19/h4-7,10-11,25H,8-9,12H2,1-3H3. The molecule has 1 N–H and O–H groups in total. The van der Waals surface area contributed by atoms with Gasteiger partial charge < -0.3 is 14.9 Å². The number of phenolic OH excluding ortho intramolecular Hbond substituents is 1. The third-order valence-electron chi connectivity index (χ3n) is 4.74. The highest BCUT2D eigenvalue weighted by Gasteiger charge is 2.24. The van der Waals surface area contributed by atoms with Gasteiger partial charge in [0.15, 0.2) is 0 Å². The van der Waals surface area contributed by atoms with Crippen molar-refractivity contribution in [1.29, 1.82) is 0 Å². The summed E-state index contributed by atoms with van der Waals surface area (Å²) in [5, 5.41) is 12.3. The number of phenols is 1. The molecule has 1 aromatic heterocycles. The number of hydrogen-bond donors (Lipinski definition) is 1. The van der Waals surface area contributed by atoms with Gasteiger partial charge in [-0.3, -0.25) is 0 Å². The van der Waals surface area contributed by atoms with Gasteiger partial charge in [0.05, 0.1) is 12.2 Å². The van der Waals surface area contributed by atoms with E-state index in [-0.39, 0.29) is 0 Å². The second kappa shape index (κ2) is 5.92. The predicted molar refractivity (Wildman–Crippen MR) is 101 cm³/mol. The first kappa shape index (κ1) is 15.7. The molecule has 0 bridgehead atoms. The molecule has 1 aliphatic heterocycles. The SMILES string of the molecule is Cc1nc2c(c(N(C)C)n1)CCN(c1cc(O)cc3ccccc13)C2. The Morgan fingerprint density at radius 3 is 2.72 bits per heavy atom. The van der Waals surface area contributed by atoms with Crippen molar-refractivity contribution in [1.82, 2.24) is 9.97 Å². The van der Waals surface area contributed by atoms with Gasteiger partial charge in [0.25, 0.3) is 0 Å². The van der Waals surface area contributed by atoms with Crippen molar-refractivity contribution < 1.29 is 5.11 Å². The van der Waals surface area contributed by atoms with Crippen LogP contribution in [0.25, 0.3) is 10.8 Å². The summed E-state index contributed by atoms with van der Waals surface area (Å²) in [5.41, 5.74) is 3.37. The minimum atomic E-state index is 0.298. The number of aryl methyl sites for hydroxylation is 1. The monoisotopic (exact) mass is 334 g/mol. The third-order valence-corrected chi connectivity index (χ3v) is 4.74. The molecule has 25 heavy (non-hydrogen) atoms. The number of rotatable bonds is 2. The van der Waals surface area contributed by atoms with E-state index in [0.717, 1.165) is 53.3 Å². The lowest BCUT2D eigenvalue weighted by atomic mass is 10.0. The zero-order valence-electron chi connectivity index (χ0n) is 14.8. The molecule has 0 saturated heterocycles. The lowest BCUT2D eigenvalue weighted by Gasteiger charge is -2.32. The second-order valence-corrected chi connectivity index (χ2v) is 6.77. The van der Waals surface area contributed by atoms with Gasteiger partial charge in [-0.25, -0.2) is 9.97 Å². The van der Waals surface area contributed by atoms with Crippen LogP contribution in [0.2, 0.25) is 0 Å². The maximum atomic E-state index is 10.1. The Kier molecular flexibility index (Phi) is 3.71. The molecular formula is C20H22N4O. The largest absolute Gasteiger partial charge is 0.508 e. The van der Waals surface area contributed by atoms with Crippen LogP contribution in [-0.4, -0.2) is 35.7 Å². The first-order chi connectivity index (χ1) is 12.0. The fourth-order valence-electron chi connectivity index (χ4n) is 3.64. The molecule has 5 nitrogen and oxygen atoms in total. The van der Waals surface area contributed by atoms with Crippen LogP contribution >= 0.6 is 0 Å². The lowest BCUT2D eigenvalue weighted by Crippen LogP contribution is -2.33. The van der Waals surface area contributed by atoms with Crippen molar-refractivity contribution in [3.05, 3.63) is 53.5 Å². The van der Waals surface area contributed by atoms with E-state index >= 15 is 0 Å². The minimum absolute atomic E-state index is 0.298. The van der Waals surface area contributed by atoms with E-state index in [4.69, 9.17) is 4.98 Å². The smallest absolute Gasteiger partial charge is 0.135 e. The van der Waals surface area contributed by atoms with Crippen molar-refractivity contribution in [3.63, 3.8) is 0 Å². The average molecular weight is 334 g/mol. The molecular weight excluding hydrogens is 312 g/mol. The van der Waals surface area contributed by atoms with E-state index < -0.39 is 0 Å². The fourth-order valence-corrected chi connectivity index (χ4v) is 3.64. The zero-order chi connectivity index (χ0) is 17.6. The van der Waals surface area contributed by atoms with E-state index in [1.54, 1.807) is 0 Å². The fraction of sp³-hybridized carbons (Fsp3) is 0.300. The zero-order valence-corrected chi connectivity index (χ0v) is 14.8. The van der Waals surface area contributed by atoms with Crippen LogP contribution < -0.4 is 9.80 Å². The summed E-state index contributed by atoms with van der Waals surface area (Å²) in [6.45, 7) is 3.55. The summed E-state index contributed by atoms with van der Waals surface area (Å²) >= 11 is 0. The average Bonchev–Trinajstić information content (AvgIpc) is 2.59. The lowest BCUT2D eigenvalue weighted by molar-refractivity contribution is 0.476. The van der Waals surface area contributed by atoms with Crippen LogP contribution in [0.5, 0.6) is 5.75 Å². The van der Waals surface area contributed by atoms with Crippen molar-refractivity contribution >= 4 is 22.3 Å². The summed E-state index contributed by atoms with van der Waals surface area (Å²) in [4.78, 5) is 13.7. The van der Waals surface area contributed by atoms with Crippen LogP contribution in [0.3, 0.4) is 0 Å². The van der Waals surface area contributed by atoms with Gasteiger partial charge >= 0.3 is 0 Å². The van der Waals surface area contributed by atoms with Gasteiger partial charge in [-0.05, 0) is 24.8 Å². The molecule has 0 spiro atoms.